The normalized spacial score (nSPS) is 27.4. The molecule has 106 valence electrons. The predicted octanol–water partition coefficient (Wildman–Crippen LogP) is 2.85. The predicted molar refractivity (Wildman–Crippen MR) is 75.3 cm³/mol. The van der Waals surface area contributed by atoms with Crippen molar-refractivity contribution in [2.45, 2.75) is 25.7 Å². The number of methoxy groups -OCH3 is 1. The Hall–Kier alpha value is -1.84. The lowest BCUT2D eigenvalue weighted by Gasteiger charge is -2.20. The highest BCUT2D eigenvalue weighted by Gasteiger charge is 2.42. The summed E-state index contributed by atoms with van der Waals surface area (Å²) in [4.78, 5) is 23.6. The number of fused-ring (bicyclic) bond motifs is 2. The zero-order chi connectivity index (χ0) is 14.1. The highest BCUT2D eigenvalue weighted by molar-refractivity contribution is 5.94. The summed E-state index contributed by atoms with van der Waals surface area (Å²) in [5.41, 5.74) is 1.23. The Morgan fingerprint density at radius 3 is 2.45 bits per heavy atom. The number of hydrogen-bond donors (Lipinski definition) is 1. The zero-order valence-electron chi connectivity index (χ0n) is 11.6. The molecule has 0 unspecified atom stereocenters. The Balaban J connectivity index is 1.63. The van der Waals surface area contributed by atoms with Gasteiger partial charge >= 0.3 is 5.97 Å². The lowest BCUT2D eigenvalue weighted by molar-refractivity contribution is -0.121. The fraction of sp³-hybridized carbons (Fsp3) is 0.500. The van der Waals surface area contributed by atoms with Crippen molar-refractivity contribution in [3.8, 4) is 0 Å². The second-order valence-corrected chi connectivity index (χ2v) is 5.84. The lowest BCUT2D eigenvalue weighted by Crippen LogP contribution is -2.27. The Morgan fingerprint density at radius 2 is 1.90 bits per heavy atom. The molecule has 2 saturated carbocycles. The maximum atomic E-state index is 12.3. The summed E-state index contributed by atoms with van der Waals surface area (Å²) >= 11 is 0. The number of ether oxygens (including phenoxy) is 1. The summed E-state index contributed by atoms with van der Waals surface area (Å²) in [7, 11) is 1.35. The van der Waals surface area contributed by atoms with Crippen molar-refractivity contribution in [2.75, 3.05) is 12.4 Å². The SMILES string of the molecule is COC(=O)c1ccc(NC(=O)[C@@H]2C[C@H]3CC[C@H]2C3)cc1. The molecule has 2 aliphatic rings. The van der Waals surface area contributed by atoms with Crippen LogP contribution in [0.2, 0.25) is 0 Å². The van der Waals surface area contributed by atoms with E-state index in [1.165, 1.54) is 26.4 Å². The van der Waals surface area contributed by atoms with Gasteiger partial charge in [-0.1, -0.05) is 6.42 Å². The van der Waals surface area contributed by atoms with Crippen LogP contribution < -0.4 is 5.32 Å². The Labute approximate surface area is 118 Å². The number of anilines is 1. The van der Waals surface area contributed by atoms with Gasteiger partial charge in [0, 0.05) is 11.6 Å². The average Bonchev–Trinajstić information content (AvgIpc) is 3.10. The molecule has 1 N–H and O–H groups in total. The maximum absolute atomic E-state index is 12.3. The smallest absolute Gasteiger partial charge is 0.337 e. The number of rotatable bonds is 3. The first-order chi connectivity index (χ1) is 9.67. The van der Waals surface area contributed by atoms with Crippen LogP contribution in [0, 0.1) is 17.8 Å². The first kappa shape index (κ1) is 13.2. The molecule has 2 fully saturated rings. The van der Waals surface area contributed by atoms with Gasteiger partial charge in [-0.05, 0) is 55.4 Å². The van der Waals surface area contributed by atoms with E-state index in [2.05, 4.69) is 10.1 Å². The minimum absolute atomic E-state index is 0.128. The van der Waals surface area contributed by atoms with Gasteiger partial charge in [-0.15, -0.1) is 0 Å². The third-order valence-electron chi connectivity index (χ3n) is 4.65. The fourth-order valence-electron chi connectivity index (χ4n) is 3.61. The maximum Gasteiger partial charge on any atom is 0.337 e. The summed E-state index contributed by atoms with van der Waals surface area (Å²) < 4.78 is 4.65. The topological polar surface area (TPSA) is 55.4 Å². The van der Waals surface area contributed by atoms with Crippen molar-refractivity contribution in [3.63, 3.8) is 0 Å². The molecule has 4 heteroatoms. The van der Waals surface area contributed by atoms with E-state index in [0.717, 1.165) is 18.0 Å². The van der Waals surface area contributed by atoms with Crippen LogP contribution in [-0.4, -0.2) is 19.0 Å². The lowest BCUT2D eigenvalue weighted by atomic mass is 9.88. The number of esters is 1. The largest absolute Gasteiger partial charge is 0.465 e. The van der Waals surface area contributed by atoms with Gasteiger partial charge in [0.1, 0.15) is 0 Å². The Morgan fingerprint density at radius 1 is 1.15 bits per heavy atom. The van der Waals surface area contributed by atoms with Crippen molar-refractivity contribution in [1.29, 1.82) is 0 Å². The Bertz CT molecular complexity index is 523. The van der Waals surface area contributed by atoms with E-state index >= 15 is 0 Å². The molecular formula is C16H19NO3. The van der Waals surface area contributed by atoms with E-state index in [1.54, 1.807) is 24.3 Å². The molecule has 0 aromatic heterocycles. The summed E-state index contributed by atoms with van der Waals surface area (Å²) in [6.07, 6.45) is 4.75. The minimum atomic E-state index is -0.365. The van der Waals surface area contributed by atoms with Crippen LogP contribution in [-0.2, 0) is 9.53 Å². The van der Waals surface area contributed by atoms with Crippen molar-refractivity contribution in [1.82, 2.24) is 0 Å². The van der Waals surface area contributed by atoms with Gasteiger partial charge in [-0.2, -0.15) is 0 Å². The standard InChI is InChI=1S/C16H19NO3/c1-20-16(19)11-4-6-13(7-5-11)17-15(18)14-9-10-2-3-12(14)8-10/h4-7,10,12,14H,2-3,8-9H2,1H3,(H,17,18)/t10-,12-,14+/m0/s1. The number of carbonyl (C=O) groups excluding carboxylic acids is 2. The third kappa shape index (κ3) is 2.42. The molecule has 0 spiro atoms. The van der Waals surface area contributed by atoms with E-state index in [4.69, 9.17) is 0 Å². The van der Waals surface area contributed by atoms with Crippen LogP contribution in [0.4, 0.5) is 5.69 Å². The van der Waals surface area contributed by atoms with E-state index < -0.39 is 0 Å². The van der Waals surface area contributed by atoms with Gasteiger partial charge < -0.3 is 10.1 Å². The van der Waals surface area contributed by atoms with Gasteiger partial charge in [0.2, 0.25) is 5.91 Å². The summed E-state index contributed by atoms with van der Waals surface area (Å²) in [6.45, 7) is 0. The molecule has 0 saturated heterocycles. The van der Waals surface area contributed by atoms with Gasteiger partial charge in [0.05, 0.1) is 12.7 Å². The second kappa shape index (κ2) is 5.27. The first-order valence-corrected chi connectivity index (χ1v) is 7.16. The monoisotopic (exact) mass is 273 g/mol. The van der Waals surface area contributed by atoms with Crippen molar-refractivity contribution in [2.24, 2.45) is 17.8 Å². The molecule has 0 radical (unpaired) electrons. The molecule has 20 heavy (non-hydrogen) atoms. The molecule has 2 aliphatic carbocycles. The molecule has 4 nitrogen and oxygen atoms in total. The van der Waals surface area contributed by atoms with Crippen LogP contribution in [0.3, 0.4) is 0 Å². The van der Waals surface area contributed by atoms with Crippen LogP contribution in [0.1, 0.15) is 36.0 Å². The zero-order valence-corrected chi connectivity index (χ0v) is 11.6. The van der Waals surface area contributed by atoms with E-state index in [9.17, 15) is 9.59 Å². The van der Waals surface area contributed by atoms with Gasteiger partial charge in [0.25, 0.3) is 0 Å². The molecule has 0 heterocycles. The first-order valence-electron chi connectivity index (χ1n) is 7.16. The van der Waals surface area contributed by atoms with E-state index in [-0.39, 0.29) is 17.8 Å². The molecule has 0 aliphatic heterocycles. The van der Waals surface area contributed by atoms with Crippen molar-refractivity contribution >= 4 is 17.6 Å². The van der Waals surface area contributed by atoms with Crippen LogP contribution >= 0.6 is 0 Å². The fourth-order valence-corrected chi connectivity index (χ4v) is 3.61. The highest BCUT2D eigenvalue weighted by atomic mass is 16.5. The number of hydrogen-bond acceptors (Lipinski definition) is 3. The van der Waals surface area contributed by atoms with E-state index in [1.807, 2.05) is 0 Å². The third-order valence-corrected chi connectivity index (χ3v) is 4.65. The molecule has 2 bridgehead atoms. The molecular weight excluding hydrogens is 254 g/mol. The van der Waals surface area contributed by atoms with Gasteiger partial charge in [-0.3, -0.25) is 4.79 Å². The van der Waals surface area contributed by atoms with Crippen LogP contribution in [0.25, 0.3) is 0 Å². The Kier molecular flexibility index (Phi) is 3.47. The minimum Gasteiger partial charge on any atom is -0.465 e. The quantitative estimate of drug-likeness (QED) is 0.862. The second-order valence-electron chi connectivity index (χ2n) is 5.84. The highest BCUT2D eigenvalue weighted by Crippen LogP contribution is 2.48. The van der Waals surface area contributed by atoms with Crippen LogP contribution in [0.5, 0.6) is 0 Å². The molecule has 3 atom stereocenters. The van der Waals surface area contributed by atoms with Gasteiger partial charge in [-0.25, -0.2) is 4.79 Å². The summed E-state index contributed by atoms with van der Waals surface area (Å²) in [5.74, 6) is 1.28. The number of benzene rings is 1. The molecule has 3 rings (SSSR count). The summed E-state index contributed by atoms with van der Waals surface area (Å²) in [6, 6.07) is 6.83. The summed E-state index contributed by atoms with van der Waals surface area (Å²) in [5, 5.41) is 2.96. The van der Waals surface area contributed by atoms with Crippen molar-refractivity contribution < 1.29 is 14.3 Å². The number of amides is 1. The molecule has 1 amide bonds. The van der Waals surface area contributed by atoms with Crippen LogP contribution in [0.15, 0.2) is 24.3 Å². The number of carbonyl (C=O) groups is 2. The number of nitrogens with one attached hydrogen (secondary N) is 1. The molecule has 1 aromatic rings. The van der Waals surface area contributed by atoms with E-state index in [0.29, 0.717) is 11.5 Å². The molecule has 1 aromatic carbocycles. The van der Waals surface area contributed by atoms with Crippen molar-refractivity contribution in [3.05, 3.63) is 29.8 Å². The van der Waals surface area contributed by atoms with Gasteiger partial charge in [0.15, 0.2) is 0 Å². The average molecular weight is 273 g/mol.